The molecule has 6 N–H and O–H groups in total. The fourth-order valence-corrected chi connectivity index (χ4v) is 1.49. The summed E-state index contributed by atoms with van der Waals surface area (Å²) in [7, 11) is 0. The van der Waals surface area contributed by atoms with Gasteiger partial charge in [0.2, 0.25) is 5.91 Å². The maximum absolute atomic E-state index is 11.3. The minimum atomic E-state index is -1.72. The Morgan fingerprint density at radius 3 is 1.91 bits per heavy atom. The van der Waals surface area contributed by atoms with E-state index in [0.717, 1.165) is 0 Å². The molecule has 0 spiro atoms. The number of carbonyl (C=O) groups is 2. The topological polar surface area (TPSA) is 147 Å². The first-order valence-electron chi connectivity index (χ1n) is 7.38. The second-order valence-corrected chi connectivity index (χ2v) is 4.66. The summed E-state index contributed by atoms with van der Waals surface area (Å²) >= 11 is 0. The number of aliphatic hydroxyl groups excluding tert-OH is 5. The molecule has 0 fully saturated rings. The molecule has 0 radical (unpaired) electrons. The fourth-order valence-electron chi connectivity index (χ4n) is 1.49. The van der Waals surface area contributed by atoms with Crippen LogP contribution in [0.1, 0.15) is 40.0 Å². The zero-order chi connectivity index (χ0) is 17.7. The van der Waals surface area contributed by atoms with E-state index in [2.05, 4.69) is 5.32 Å². The van der Waals surface area contributed by atoms with Crippen molar-refractivity contribution in [2.45, 2.75) is 64.4 Å². The predicted molar refractivity (Wildman–Crippen MR) is 80.0 cm³/mol. The summed E-state index contributed by atoms with van der Waals surface area (Å²) < 4.78 is 0. The number of amides is 1. The number of hydrogen-bond donors (Lipinski definition) is 6. The molecule has 4 atom stereocenters. The number of hydrogen-bond acceptors (Lipinski definition) is 7. The SMILES string of the molecule is CC.CC(=O)CCCC(=O)NCC(O)C(O)C(O)C(O)CO. The standard InChI is InChI=1S/C12H23NO7.C2H6/c1-7(15)3-2-4-10(18)13-5-8(16)11(19)12(20)9(17)6-14;1-2/h8-9,11-12,14,16-17,19-20H,2-6H2,1H3,(H,13,18);1-2H3. The van der Waals surface area contributed by atoms with Crippen LogP contribution in [0.5, 0.6) is 0 Å². The molecule has 8 heteroatoms. The molecular weight excluding hydrogens is 294 g/mol. The molecule has 0 saturated carbocycles. The van der Waals surface area contributed by atoms with Crippen LogP contribution in [-0.2, 0) is 9.59 Å². The van der Waals surface area contributed by atoms with Gasteiger partial charge in [-0.1, -0.05) is 13.8 Å². The van der Waals surface area contributed by atoms with Crippen molar-refractivity contribution in [2.75, 3.05) is 13.2 Å². The normalized spacial score (nSPS) is 15.8. The van der Waals surface area contributed by atoms with Crippen LogP contribution in [0, 0.1) is 0 Å². The Kier molecular flexibility index (Phi) is 14.3. The lowest BCUT2D eigenvalue weighted by atomic mass is 10.0. The number of aliphatic hydroxyl groups is 5. The van der Waals surface area contributed by atoms with Crippen molar-refractivity contribution in [3.63, 3.8) is 0 Å². The van der Waals surface area contributed by atoms with Gasteiger partial charge < -0.3 is 35.6 Å². The highest BCUT2D eigenvalue weighted by atomic mass is 16.4. The Labute approximate surface area is 130 Å². The van der Waals surface area contributed by atoms with Gasteiger partial charge in [0.15, 0.2) is 0 Å². The molecule has 1 amide bonds. The van der Waals surface area contributed by atoms with E-state index in [1.54, 1.807) is 0 Å². The van der Waals surface area contributed by atoms with Crippen LogP contribution in [-0.4, -0.2) is 74.8 Å². The van der Waals surface area contributed by atoms with Gasteiger partial charge in [0.1, 0.15) is 24.1 Å². The van der Waals surface area contributed by atoms with E-state index >= 15 is 0 Å². The summed E-state index contributed by atoms with van der Waals surface area (Å²) in [4.78, 5) is 22.0. The zero-order valence-corrected chi connectivity index (χ0v) is 13.4. The Morgan fingerprint density at radius 2 is 1.45 bits per heavy atom. The molecule has 0 bridgehead atoms. The summed E-state index contributed by atoms with van der Waals surface area (Å²) in [5.41, 5.74) is 0. The van der Waals surface area contributed by atoms with Gasteiger partial charge in [-0.3, -0.25) is 4.79 Å². The fraction of sp³-hybridized carbons (Fsp3) is 0.857. The van der Waals surface area contributed by atoms with E-state index in [1.807, 2.05) is 13.8 Å². The molecule has 0 aliphatic heterocycles. The summed E-state index contributed by atoms with van der Waals surface area (Å²) in [6.07, 6.45) is -5.68. The van der Waals surface area contributed by atoms with Crippen LogP contribution in [0.4, 0.5) is 0 Å². The van der Waals surface area contributed by atoms with E-state index in [-0.39, 0.29) is 18.7 Å². The lowest BCUT2D eigenvalue weighted by Gasteiger charge is -2.25. The third-order valence-electron chi connectivity index (χ3n) is 2.77. The third-order valence-corrected chi connectivity index (χ3v) is 2.77. The van der Waals surface area contributed by atoms with Gasteiger partial charge in [-0.2, -0.15) is 0 Å². The molecule has 0 heterocycles. The second-order valence-electron chi connectivity index (χ2n) is 4.66. The van der Waals surface area contributed by atoms with Crippen LogP contribution in [0.25, 0.3) is 0 Å². The van der Waals surface area contributed by atoms with E-state index in [1.165, 1.54) is 6.92 Å². The average Bonchev–Trinajstić information content (AvgIpc) is 2.51. The highest BCUT2D eigenvalue weighted by Crippen LogP contribution is 2.04. The van der Waals surface area contributed by atoms with Crippen molar-refractivity contribution in [3.8, 4) is 0 Å². The van der Waals surface area contributed by atoms with Crippen LogP contribution in [0.3, 0.4) is 0 Å². The van der Waals surface area contributed by atoms with Gasteiger partial charge in [-0.05, 0) is 13.3 Å². The summed E-state index contributed by atoms with van der Waals surface area (Å²) in [5.74, 6) is -0.413. The van der Waals surface area contributed by atoms with Crippen molar-refractivity contribution in [2.24, 2.45) is 0 Å². The van der Waals surface area contributed by atoms with Crippen LogP contribution < -0.4 is 5.32 Å². The van der Waals surface area contributed by atoms with Gasteiger partial charge in [0, 0.05) is 19.4 Å². The number of Topliss-reactive ketones (excluding diaryl/α,β-unsaturated/α-hetero) is 1. The first-order chi connectivity index (χ1) is 10.3. The van der Waals surface area contributed by atoms with Gasteiger partial charge in [-0.15, -0.1) is 0 Å². The van der Waals surface area contributed by atoms with Gasteiger partial charge in [0.05, 0.1) is 12.7 Å². The molecule has 0 aromatic heterocycles. The molecule has 4 unspecified atom stereocenters. The number of ketones is 1. The predicted octanol–water partition coefficient (Wildman–Crippen LogP) is -1.68. The van der Waals surface area contributed by atoms with Crippen molar-refractivity contribution >= 4 is 11.7 Å². The van der Waals surface area contributed by atoms with Crippen LogP contribution in [0.15, 0.2) is 0 Å². The molecule has 0 aromatic carbocycles. The van der Waals surface area contributed by atoms with Crippen LogP contribution in [0.2, 0.25) is 0 Å². The molecule has 0 aliphatic carbocycles. The molecule has 0 aromatic rings. The van der Waals surface area contributed by atoms with Gasteiger partial charge in [0.25, 0.3) is 0 Å². The van der Waals surface area contributed by atoms with Crippen LogP contribution >= 0.6 is 0 Å². The summed E-state index contributed by atoms with van der Waals surface area (Å²) in [6, 6.07) is 0. The van der Waals surface area contributed by atoms with E-state index in [4.69, 9.17) is 10.2 Å². The molecule has 0 aliphatic rings. The average molecular weight is 323 g/mol. The van der Waals surface area contributed by atoms with E-state index < -0.39 is 36.9 Å². The minimum absolute atomic E-state index is 0.0191. The van der Waals surface area contributed by atoms with Gasteiger partial charge >= 0.3 is 0 Å². The van der Waals surface area contributed by atoms with Crippen molar-refractivity contribution in [1.82, 2.24) is 5.32 Å². The summed E-state index contributed by atoms with van der Waals surface area (Å²) in [5, 5.41) is 48.4. The van der Waals surface area contributed by atoms with Crippen molar-refractivity contribution in [1.29, 1.82) is 0 Å². The number of carbonyl (C=O) groups excluding carboxylic acids is 2. The molecule has 0 saturated heterocycles. The highest BCUT2D eigenvalue weighted by molar-refractivity contribution is 5.78. The Balaban J connectivity index is 0. The maximum atomic E-state index is 11.3. The van der Waals surface area contributed by atoms with E-state index in [0.29, 0.717) is 12.8 Å². The number of rotatable bonds is 10. The largest absolute Gasteiger partial charge is 0.394 e. The highest BCUT2D eigenvalue weighted by Gasteiger charge is 2.29. The lowest BCUT2D eigenvalue weighted by Crippen LogP contribution is -2.49. The second kappa shape index (κ2) is 13.6. The summed E-state index contributed by atoms with van der Waals surface area (Å²) in [6.45, 7) is 4.35. The zero-order valence-electron chi connectivity index (χ0n) is 13.4. The maximum Gasteiger partial charge on any atom is 0.220 e. The van der Waals surface area contributed by atoms with E-state index in [9.17, 15) is 24.9 Å². The first-order valence-corrected chi connectivity index (χ1v) is 7.38. The monoisotopic (exact) mass is 323 g/mol. The molecule has 0 rings (SSSR count). The Hall–Kier alpha value is -1.06. The van der Waals surface area contributed by atoms with Gasteiger partial charge in [-0.25, -0.2) is 0 Å². The molecule has 132 valence electrons. The molecule has 8 nitrogen and oxygen atoms in total. The Bertz CT molecular complexity index is 312. The molecule has 22 heavy (non-hydrogen) atoms. The van der Waals surface area contributed by atoms with Crippen molar-refractivity contribution < 1.29 is 35.1 Å². The molecular formula is C14H29NO7. The first kappa shape index (κ1) is 23.2. The minimum Gasteiger partial charge on any atom is -0.394 e. The lowest BCUT2D eigenvalue weighted by molar-refractivity contribution is -0.126. The quantitative estimate of drug-likeness (QED) is 0.281. The smallest absolute Gasteiger partial charge is 0.220 e. The third kappa shape index (κ3) is 10.6. The van der Waals surface area contributed by atoms with Crippen molar-refractivity contribution in [3.05, 3.63) is 0 Å². The number of nitrogens with one attached hydrogen (secondary N) is 1. The Morgan fingerprint density at radius 1 is 0.955 bits per heavy atom.